The first-order chi connectivity index (χ1) is 12.1. The molecule has 0 atom stereocenters. The van der Waals surface area contributed by atoms with Crippen molar-refractivity contribution >= 4 is 22.6 Å². The van der Waals surface area contributed by atoms with Gasteiger partial charge in [-0.05, 0) is 23.8 Å². The number of fused-ring (bicyclic) bond motifs is 1. The number of nitrogens with one attached hydrogen (secondary N) is 1. The summed E-state index contributed by atoms with van der Waals surface area (Å²) in [6, 6.07) is 13.0. The second-order valence-electron chi connectivity index (χ2n) is 5.41. The Hall–Kier alpha value is -3.28. The van der Waals surface area contributed by atoms with Gasteiger partial charge >= 0.3 is 5.97 Å². The SMILES string of the molecule is COc1ccc(CNc2c(C(=O)O)cnc3c(OC)cccc23)cc1. The average Bonchev–Trinajstić information content (AvgIpc) is 2.65. The first-order valence-electron chi connectivity index (χ1n) is 7.70. The predicted octanol–water partition coefficient (Wildman–Crippen LogP) is 3.56. The number of ether oxygens (including phenoxy) is 2. The van der Waals surface area contributed by atoms with Crippen LogP contribution in [-0.2, 0) is 6.54 Å². The van der Waals surface area contributed by atoms with Crippen LogP contribution in [0.5, 0.6) is 11.5 Å². The summed E-state index contributed by atoms with van der Waals surface area (Å²) < 4.78 is 10.5. The maximum atomic E-state index is 11.6. The van der Waals surface area contributed by atoms with Crippen molar-refractivity contribution in [3.8, 4) is 11.5 Å². The standard InChI is InChI=1S/C19H18N2O4/c1-24-13-8-6-12(7-9-13)10-20-17-14-4-3-5-16(25-2)18(14)21-11-15(17)19(22)23/h3-9,11H,10H2,1-2H3,(H,20,21)(H,22,23). The van der Waals surface area contributed by atoms with Crippen molar-refractivity contribution in [2.45, 2.75) is 6.54 Å². The summed E-state index contributed by atoms with van der Waals surface area (Å²) in [6.45, 7) is 0.473. The van der Waals surface area contributed by atoms with Gasteiger partial charge in [0.25, 0.3) is 0 Å². The summed E-state index contributed by atoms with van der Waals surface area (Å²) in [5, 5.41) is 13.4. The molecule has 128 valence electrons. The van der Waals surface area contributed by atoms with Crippen LogP contribution in [0, 0.1) is 0 Å². The Labute approximate surface area is 145 Å². The van der Waals surface area contributed by atoms with E-state index in [0.29, 0.717) is 28.9 Å². The van der Waals surface area contributed by atoms with Gasteiger partial charge in [-0.3, -0.25) is 4.98 Å². The van der Waals surface area contributed by atoms with Gasteiger partial charge in [0, 0.05) is 18.1 Å². The van der Waals surface area contributed by atoms with Crippen molar-refractivity contribution in [1.82, 2.24) is 4.98 Å². The summed E-state index contributed by atoms with van der Waals surface area (Å²) in [6.07, 6.45) is 1.35. The number of hydrogen-bond donors (Lipinski definition) is 2. The summed E-state index contributed by atoms with van der Waals surface area (Å²) in [4.78, 5) is 15.8. The average molecular weight is 338 g/mol. The van der Waals surface area contributed by atoms with Gasteiger partial charge in [-0.2, -0.15) is 0 Å². The van der Waals surface area contributed by atoms with Crippen LogP contribution in [0.1, 0.15) is 15.9 Å². The lowest BCUT2D eigenvalue weighted by Gasteiger charge is -2.14. The van der Waals surface area contributed by atoms with Crippen molar-refractivity contribution in [1.29, 1.82) is 0 Å². The number of carbonyl (C=O) groups is 1. The van der Waals surface area contributed by atoms with E-state index in [1.807, 2.05) is 36.4 Å². The second kappa shape index (κ2) is 7.09. The fraction of sp³-hybridized carbons (Fsp3) is 0.158. The quantitative estimate of drug-likeness (QED) is 0.715. The minimum Gasteiger partial charge on any atom is -0.497 e. The van der Waals surface area contributed by atoms with E-state index in [1.165, 1.54) is 6.20 Å². The smallest absolute Gasteiger partial charge is 0.339 e. The highest BCUT2D eigenvalue weighted by atomic mass is 16.5. The lowest BCUT2D eigenvalue weighted by molar-refractivity contribution is 0.0697. The van der Waals surface area contributed by atoms with Crippen LogP contribution in [0.25, 0.3) is 10.9 Å². The fourth-order valence-electron chi connectivity index (χ4n) is 2.65. The molecule has 0 amide bonds. The number of methoxy groups -OCH3 is 2. The fourth-order valence-corrected chi connectivity index (χ4v) is 2.65. The summed E-state index contributed by atoms with van der Waals surface area (Å²) in [5.74, 6) is 0.338. The molecule has 25 heavy (non-hydrogen) atoms. The van der Waals surface area contributed by atoms with Gasteiger partial charge in [0.05, 0.1) is 19.9 Å². The Kier molecular flexibility index (Phi) is 4.70. The highest BCUT2D eigenvalue weighted by Crippen LogP contribution is 2.32. The van der Waals surface area contributed by atoms with Crippen LogP contribution in [0.2, 0.25) is 0 Å². The molecule has 2 N–H and O–H groups in total. The summed E-state index contributed by atoms with van der Waals surface area (Å²) in [7, 11) is 3.18. The van der Waals surface area contributed by atoms with Crippen LogP contribution in [0.4, 0.5) is 5.69 Å². The number of hydrogen-bond acceptors (Lipinski definition) is 5. The maximum Gasteiger partial charge on any atom is 0.339 e. The molecule has 0 aliphatic carbocycles. The van der Waals surface area contributed by atoms with E-state index in [-0.39, 0.29) is 5.56 Å². The van der Waals surface area contributed by atoms with Gasteiger partial charge in [-0.15, -0.1) is 0 Å². The first-order valence-corrected chi connectivity index (χ1v) is 7.70. The number of benzene rings is 2. The lowest BCUT2D eigenvalue weighted by atomic mass is 10.1. The Bertz CT molecular complexity index is 907. The molecule has 6 nitrogen and oxygen atoms in total. The molecule has 0 saturated heterocycles. The topological polar surface area (TPSA) is 80.7 Å². The summed E-state index contributed by atoms with van der Waals surface area (Å²) >= 11 is 0. The number of aromatic carboxylic acids is 1. The molecule has 0 fully saturated rings. The van der Waals surface area contributed by atoms with E-state index in [4.69, 9.17) is 9.47 Å². The minimum absolute atomic E-state index is 0.120. The zero-order chi connectivity index (χ0) is 17.8. The molecule has 0 spiro atoms. The molecule has 1 aromatic heterocycles. The van der Waals surface area contributed by atoms with Gasteiger partial charge in [-0.25, -0.2) is 4.79 Å². The number of carboxylic acid groups (broad SMARTS) is 1. The van der Waals surface area contributed by atoms with E-state index in [1.54, 1.807) is 20.3 Å². The monoisotopic (exact) mass is 338 g/mol. The molecule has 0 aliphatic rings. The van der Waals surface area contributed by atoms with Gasteiger partial charge < -0.3 is 19.9 Å². The molecular formula is C19H18N2O4. The number of nitrogens with zero attached hydrogens (tertiary/aromatic N) is 1. The third-order valence-electron chi connectivity index (χ3n) is 3.94. The predicted molar refractivity (Wildman–Crippen MR) is 95.6 cm³/mol. The van der Waals surface area contributed by atoms with Crippen LogP contribution >= 0.6 is 0 Å². The normalized spacial score (nSPS) is 10.5. The van der Waals surface area contributed by atoms with Gasteiger partial charge in [-0.1, -0.05) is 24.3 Å². The minimum atomic E-state index is -1.03. The van der Waals surface area contributed by atoms with E-state index in [2.05, 4.69) is 10.3 Å². The van der Waals surface area contributed by atoms with Crippen LogP contribution < -0.4 is 14.8 Å². The van der Waals surface area contributed by atoms with Gasteiger partial charge in [0.15, 0.2) is 0 Å². The molecule has 2 aromatic carbocycles. The van der Waals surface area contributed by atoms with Crippen molar-refractivity contribution < 1.29 is 19.4 Å². The first kappa shape index (κ1) is 16.6. The Morgan fingerprint density at radius 1 is 1.12 bits per heavy atom. The van der Waals surface area contributed by atoms with Gasteiger partial charge in [0.2, 0.25) is 0 Å². The van der Waals surface area contributed by atoms with Crippen molar-refractivity contribution in [3.05, 3.63) is 59.8 Å². The number of rotatable bonds is 6. The number of aromatic nitrogens is 1. The summed E-state index contributed by atoms with van der Waals surface area (Å²) in [5.41, 5.74) is 2.26. The zero-order valence-electron chi connectivity index (χ0n) is 13.9. The molecule has 3 rings (SSSR count). The van der Waals surface area contributed by atoms with Gasteiger partial charge in [0.1, 0.15) is 22.6 Å². The van der Waals surface area contributed by atoms with E-state index < -0.39 is 5.97 Å². The van der Waals surface area contributed by atoms with E-state index >= 15 is 0 Å². The number of carboxylic acids is 1. The molecule has 0 unspecified atom stereocenters. The van der Waals surface area contributed by atoms with E-state index in [9.17, 15) is 9.90 Å². The third-order valence-corrected chi connectivity index (χ3v) is 3.94. The molecular weight excluding hydrogens is 320 g/mol. The largest absolute Gasteiger partial charge is 0.497 e. The van der Waals surface area contributed by atoms with Crippen LogP contribution in [-0.4, -0.2) is 30.3 Å². The maximum absolute atomic E-state index is 11.6. The third kappa shape index (κ3) is 3.33. The lowest BCUT2D eigenvalue weighted by Crippen LogP contribution is -2.08. The Morgan fingerprint density at radius 2 is 1.88 bits per heavy atom. The Morgan fingerprint density at radius 3 is 2.52 bits per heavy atom. The highest BCUT2D eigenvalue weighted by Gasteiger charge is 2.16. The molecule has 0 saturated carbocycles. The van der Waals surface area contributed by atoms with Crippen molar-refractivity contribution in [3.63, 3.8) is 0 Å². The second-order valence-corrected chi connectivity index (χ2v) is 5.41. The van der Waals surface area contributed by atoms with Crippen LogP contribution in [0.15, 0.2) is 48.7 Å². The molecule has 0 aliphatic heterocycles. The molecule has 1 heterocycles. The highest BCUT2D eigenvalue weighted by molar-refractivity contribution is 6.05. The number of pyridine rings is 1. The van der Waals surface area contributed by atoms with Crippen LogP contribution in [0.3, 0.4) is 0 Å². The van der Waals surface area contributed by atoms with E-state index in [0.717, 1.165) is 11.3 Å². The number of para-hydroxylation sites is 1. The molecule has 3 aromatic rings. The molecule has 6 heteroatoms. The molecule has 0 bridgehead atoms. The molecule has 0 radical (unpaired) electrons. The van der Waals surface area contributed by atoms with Crippen molar-refractivity contribution in [2.24, 2.45) is 0 Å². The van der Waals surface area contributed by atoms with Crippen molar-refractivity contribution in [2.75, 3.05) is 19.5 Å². The Balaban J connectivity index is 2.00. The zero-order valence-corrected chi connectivity index (χ0v) is 13.9. The number of anilines is 1.